The van der Waals surface area contributed by atoms with Crippen molar-refractivity contribution in [3.8, 4) is 21.8 Å². The van der Waals surface area contributed by atoms with E-state index in [9.17, 15) is 4.79 Å². The lowest BCUT2D eigenvalue weighted by Crippen LogP contribution is -2.31. The van der Waals surface area contributed by atoms with Crippen LogP contribution in [0.2, 0.25) is 5.02 Å². The fraction of sp³-hybridized carbons (Fsp3) is 0.231. The Kier molecular flexibility index (Phi) is 5.94. The number of nitrogens with zero attached hydrogens (tertiary/aromatic N) is 5. The Bertz CT molecular complexity index is 1400. The number of benzene rings is 2. The quantitative estimate of drug-likeness (QED) is 0.355. The van der Waals surface area contributed by atoms with E-state index in [1.807, 2.05) is 42.5 Å². The molecule has 1 aliphatic rings. The number of thiazole rings is 1. The summed E-state index contributed by atoms with van der Waals surface area (Å²) < 4.78 is 0. The predicted octanol–water partition coefficient (Wildman–Crippen LogP) is 6.25. The number of rotatable bonds is 4. The highest BCUT2D eigenvalue weighted by atomic mass is 35.5. The lowest BCUT2D eigenvalue weighted by molar-refractivity contribution is 0.256. The van der Waals surface area contributed by atoms with Crippen molar-refractivity contribution in [3.05, 3.63) is 70.8 Å². The van der Waals surface area contributed by atoms with E-state index < -0.39 is 0 Å². The lowest BCUT2D eigenvalue weighted by atomic mass is 9.98. The molecule has 1 aliphatic heterocycles. The molecule has 2 N–H and O–H groups in total. The van der Waals surface area contributed by atoms with Crippen molar-refractivity contribution in [2.45, 2.75) is 26.2 Å². The molecule has 1 saturated heterocycles. The van der Waals surface area contributed by atoms with Gasteiger partial charge in [0.05, 0.1) is 15.6 Å². The summed E-state index contributed by atoms with van der Waals surface area (Å²) in [5, 5.41) is 1.64. The van der Waals surface area contributed by atoms with Gasteiger partial charge in [0.1, 0.15) is 5.69 Å². The summed E-state index contributed by atoms with van der Waals surface area (Å²) in [4.78, 5) is 31.2. The molecule has 0 atom stereocenters. The molecule has 0 unspecified atom stereocenters. The Hall–Kier alpha value is -3.49. The number of aromatic nitrogens is 3. The van der Waals surface area contributed by atoms with Gasteiger partial charge in [-0.05, 0) is 48.0 Å². The number of carbonyl (C=O) groups excluding carboxylic acids is 1. The normalized spacial score (nSPS) is 14.1. The Balaban J connectivity index is 1.52. The van der Waals surface area contributed by atoms with Gasteiger partial charge in [0, 0.05) is 41.1 Å². The van der Waals surface area contributed by atoms with Crippen molar-refractivity contribution in [3.63, 3.8) is 0 Å². The minimum atomic E-state index is -0.127. The summed E-state index contributed by atoms with van der Waals surface area (Å²) in [6, 6.07) is 17.1. The van der Waals surface area contributed by atoms with Gasteiger partial charge in [0.2, 0.25) is 5.95 Å². The molecule has 35 heavy (non-hydrogen) atoms. The Morgan fingerprint density at radius 1 is 0.971 bits per heavy atom. The molecule has 0 saturated carbocycles. The van der Waals surface area contributed by atoms with Crippen molar-refractivity contribution in [2.75, 3.05) is 28.6 Å². The number of nitrogens with two attached hydrogens (primary N) is 1. The Morgan fingerprint density at radius 2 is 1.69 bits per heavy atom. The van der Waals surface area contributed by atoms with Crippen LogP contribution in [-0.2, 0) is 5.41 Å². The van der Waals surface area contributed by atoms with Gasteiger partial charge in [-0.15, -0.1) is 11.3 Å². The highest BCUT2D eigenvalue weighted by Crippen LogP contribution is 2.41. The molecule has 178 valence electrons. The second-order valence-electron chi connectivity index (χ2n) is 9.36. The summed E-state index contributed by atoms with van der Waals surface area (Å²) in [5.74, 6) is 0.206. The van der Waals surface area contributed by atoms with E-state index in [1.165, 1.54) is 0 Å². The van der Waals surface area contributed by atoms with E-state index in [2.05, 4.69) is 30.7 Å². The molecule has 0 radical (unpaired) electrons. The van der Waals surface area contributed by atoms with Crippen LogP contribution in [0.15, 0.2) is 60.8 Å². The van der Waals surface area contributed by atoms with Gasteiger partial charge < -0.3 is 5.73 Å². The third kappa shape index (κ3) is 4.59. The molecular weight excluding hydrogens is 480 g/mol. The molecular formula is C26H25ClN6OS. The number of anilines is 3. The lowest BCUT2D eigenvalue weighted by Gasteiger charge is -2.19. The largest absolute Gasteiger partial charge is 0.368 e. The Morgan fingerprint density at radius 3 is 2.37 bits per heavy atom. The van der Waals surface area contributed by atoms with Crippen molar-refractivity contribution in [1.82, 2.24) is 15.0 Å². The predicted molar refractivity (Wildman–Crippen MR) is 143 cm³/mol. The highest BCUT2D eigenvalue weighted by molar-refractivity contribution is 7.15. The smallest absolute Gasteiger partial charge is 0.329 e. The average Bonchev–Trinajstić information content (AvgIpc) is 3.44. The first-order valence-electron chi connectivity index (χ1n) is 11.3. The SMILES string of the molecule is CC(C)(C)c1nc(-c2ccnc(N)n2)c(-c2cccc(N3CCN(c4ccc(Cl)cc4)C3=O)c2)s1. The zero-order valence-electron chi connectivity index (χ0n) is 19.7. The molecule has 1 fully saturated rings. The van der Waals surface area contributed by atoms with Crippen molar-refractivity contribution >= 4 is 46.3 Å². The molecule has 2 aromatic heterocycles. The summed E-state index contributed by atoms with van der Waals surface area (Å²) in [6.45, 7) is 7.61. The average molecular weight is 505 g/mol. The molecule has 4 aromatic rings. The molecule has 5 rings (SSSR count). The van der Waals surface area contributed by atoms with Crippen molar-refractivity contribution < 1.29 is 4.79 Å². The maximum Gasteiger partial charge on any atom is 0.329 e. The van der Waals surface area contributed by atoms with Gasteiger partial charge in [-0.2, -0.15) is 0 Å². The second kappa shape index (κ2) is 8.94. The molecule has 7 nitrogen and oxygen atoms in total. The number of urea groups is 1. The summed E-state index contributed by atoms with van der Waals surface area (Å²) in [6.07, 6.45) is 1.64. The van der Waals surface area contributed by atoms with Gasteiger partial charge in [0.15, 0.2) is 0 Å². The topological polar surface area (TPSA) is 88.2 Å². The van der Waals surface area contributed by atoms with Gasteiger partial charge in [-0.1, -0.05) is 44.5 Å². The van der Waals surface area contributed by atoms with Crippen LogP contribution in [0.1, 0.15) is 25.8 Å². The van der Waals surface area contributed by atoms with Crippen LogP contribution >= 0.6 is 22.9 Å². The number of carbonyl (C=O) groups is 1. The van der Waals surface area contributed by atoms with E-state index in [1.54, 1.807) is 39.5 Å². The molecule has 2 aromatic carbocycles. The number of nitrogen functional groups attached to an aromatic ring is 1. The van der Waals surface area contributed by atoms with Crippen LogP contribution in [0.5, 0.6) is 0 Å². The third-order valence-electron chi connectivity index (χ3n) is 5.75. The first-order valence-corrected chi connectivity index (χ1v) is 12.5. The van der Waals surface area contributed by atoms with E-state index in [0.29, 0.717) is 23.8 Å². The third-order valence-corrected chi connectivity index (χ3v) is 7.54. The highest BCUT2D eigenvalue weighted by Gasteiger charge is 2.31. The zero-order chi connectivity index (χ0) is 24.7. The minimum Gasteiger partial charge on any atom is -0.368 e. The van der Waals surface area contributed by atoms with Crippen LogP contribution in [0.25, 0.3) is 21.8 Å². The first-order chi connectivity index (χ1) is 16.7. The van der Waals surface area contributed by atoms with Gasteiger partial charge in [0.25, 0.3) is 0 Å². The molecule has 3 heterocycles. The monoisotopic (exact) mass is 504 g/mol. The zero-order valence-corrected chi connectivity index (χ0v) is 21.3. The molecule has 2 amide bonds. The van der Waals surface area contributed by atoms with Crippen LogP contribution < -0.4 is 15.5 Å². The van der Waals surface area contributed by atoms with Crippen LogP contribution in [0, 0.1) is 0 Å². The minimum absolute atomic E-state index is 0.0621. The maximum atomic E-state index is 13.3. The number of hydrogen-bond acceptors (Lipinski definition) is 6. The maximum absolute atomic E-state index is 13.3. The first kappa shape index (κ1) is 23.3. The second-order valence-corrected chi connectivity index (χ2v) is 10.8. The molecule has 9 heteroatoms. The van der Waals surface area contributed by atoms with Crippen LogP contribution in [-0.4, -0.2) is 34.1 Å². The van der Waals surface area contributed by atoms with Crippen molar-refractivity contribution in [2.24, 2.45) is 0 Å². The van der Waals surface area contributed by atoms with Crippen LogP contribution in [0.3, 0.4) is 0 Å². The summed E-state index contributed by atoms with van der Waals surface area (Å²) in [5.41, 5.74) is 9.82. The molecule has 0 bridgehead atoms. The van der Waals surface area contributed by atoms with E-state index in [0.717, 1.165) is 32.5 Å². The van der Waals surface area contributed by atoms with E-state index >= 15 is 0 Å². The fourth-order valence-electron chi connectivity index (χ4n) is 3.97. The number of halogens is 1. The van der Waals surface area contributed by atoms with Crippen LogP contribution in [0.4, 0.5) is 22.1 Å². The van der Waals surface area contributed by atoms with Gasteiger partial charge in [-0.3, -0.25) is 9.80 Å². The van der Waals surface area contributed by atoms with Gasteiger partial charge >= 0.3 is 6.03 Å². The van der Waals surface area contributed by atoms with E-state index in [-0.39, 0.29) is 17.4 Å². The summed E-state index contributed by atoms with van der Waals surface area (Å²) in [7, 11) is 0. The standard InChI is InChI=1S/C26H25ClN6OS/c1-26(2,3)23-31-21(20-11-12-29-24(28)30-20)22(35-23)16-5-4-6-19(15-16)33-14-13-32(25(33)34)18-9-7-17(27)8-10-18/h4-12,15H,13-14H2,1-3H3,(H2,28,29,30). The number of amides is 2. The Labute approximate surface area is 213 Å². The number of hydrogen-bond donors (Lipinski definition) is 1. The van der Waals surface area contributed by atoms with E-state index in [4.69, 9.17) is 22.3 Å². The summed E-state index contributed by atoms with van der Waals surface area (Å²) >= 11 is 7.65. The molecule has 0 aliphatic carbocycles. The van der Waals surface area contributed by atoms with Gasteiger partial charge in [-0.25, -0.2) is 19.7 Å². The molecule has 0 spiro atoms. The fourth-order valence-corrected chi connectivity index (χ4v) is 5.22. The van der Waals surface area contributed by atoms with Crippen molar-refractivity contribution in [1.29, 1.82) is 0 Å².